The topological polar surface area (TPSA) is 37.8 Å². The molecule has 1 aliphatic heterocycles. The molecule has 1 N–H and O–H groups in total. The monoisotopic (exact) mass is 252 g/mol. The van der Waals surface area contributed by atoms with Crippen LogP contribution in [0.15, 0.2) is 23.0 Å². The molecule has 0 amide bonds. The lowest BCUT2D eigenvalue weighted by Gasteiger charge is -2.22. The van der Waals surface area contributed by atoms with Gasteiger partial charge in [-0.05, 0) is 42.5 Å². The zero-order valence-electron chi connectivity index (χ0n) is 9.28. The number of hydrogen-bond donors (Lipinski definition) is 1. The molecule has 3 nitrogen and oxygen atoms in total. The Bertz CT molecular complexity index is 598. The summed E-state index contributed by atoms with van der Waals surface area (Å²) in [6, 6.07) is 4.72. The number of nitrogens with one attached hydrogen (secondary N) is 1. The van der Waals surface area contributed by atoms with Gasteiger partial charge in [0, 0.05) is 6.04 Å². The Balaban J connectivity index is 2.14. The van der Waals surface area contributed by atoms with Gasteiger partial charge < -0.3 is 4.98 Å². The minimum Gasteiger partial charge on any atom is -0.305 e. The number of rotatable bonds is 1. The van der Waals surface area contributed by atoms with E-state index in [1.54, 1.807) is 10.6 Å². The van der Waals surface area contributed by atoms with Gasteiger partial charge in [-0.25, -0.2) is 9.18 Å². The number of benzene rings is 1. The van der Waals surface area contributed by atoms with E-state index in [0.717, 1.165) is 29.9 Å². The molecule has 0 spiro atoms. The van der Waals surface area contributed by atoms with Gasteiger partial charge in [-0.15, -0.1) is 0 Å². The van der Waals surface area contributed by atoms with Crippen LogP contribution in [0.3, 0.4) is 0 Å². The molecule has 17 heavy (non-hydrogen) atoms. The normalized spacial score (nSPS) is 17.7. The fourth-order valence-corrected chi connectivity index (χ4v) is 3.49. The molecular formula is C12H13FN2OS. The molecule has 1 fully saturated rings. The van der Waals surface area contributed by atoms with Crippen LogP contribution in [0.1, 0.15) is 18.9 Å². The smallest absolute Gasteiger partial charge is 0.305 e. The quantitative estimate of drug-likeness (QED) is 0.847. The maximum atomic E-state index is 13.1. The van der Waals surface area contributed by atoms with Gasteiger partial charge in [0.25, 0.3) is 0 Å². The summed E-state index contributed by atoms with van der Waals surface area (Å²) in [4.78, 5) is 14.7. The first-order chi connectivity index (χ1) is 8.25. The average molecular weight is 252 g/mol. The van der Waals surface area contributed by atoms with E-state index in [4.69, 9.17) is 0 Å². The lowest BCUT2D eigenvalue weighted by molar-refractivity contribution is 0.469. The van der Waals surface area contributed by atoms with Gasteiger partial charge in [0.2, 0.25) is 0 Å². The minimum atomic E-state index is -0.315. The van der Waals surface area contributed by atoms with Gasteiger partial charge in [0.15, 0.2) is 0 Å². The van der Waals surface area contributed by atoms with Crippen LogP contribution in [0.5, 0.6) is 0 Å². The molecule has 1 aliphatic rings. The highest BCUT2D eigenvalue weighted by Gasteiger charge is 2.19. The Morgan fingerprint density at radius 2 is 2.12 bits per heavy atom. The van der Waals surface area contributed by atoms with Crippen molar-refractivity contribution < 1.29 is 4.39 Å². The molecule has 5 heteroatoms. The summed E-state index contributed by atoms with van der Waals surface area (Å²) in [5.74, 6) is 1.86. The van der Waals surface area contributed by atoms with Gasteiger partial charge in [-0.2, -0.15) is 11.8 Å². The fourth-order valence-electron chi connectivity index (χ4n) is 2.41. The zero-order chi connectivity index (χ0) is 11.8. The number of imidazole rings is 1. The summed E-state index contributed by atoms with van der Waals surface area (Å²) in [5, 5.41) is 0. The van der Waals surface area contributed by atoms with Crippen LogP contribution in [0.2, 0.25) is 0 Å². The number of halogens is 1. The van der Waals surface area contributed by atoms with Crippen LogP contribution in [0, 0.1) is 5.82 Å². The van der Waals surface area contributed by atoms with Crippen molar-refractivity contribution in [3.63, 3.8) is 0 Å². The first kappa shape index (κ1) is 10.9. The first-order valence-electron chi connectivity index (χ1n) is 5.73. The summed E-state index contributed by atoms with van der Waals surface area (Å²) in [7, 11) is 0. The molecule has 0 saturated carbocycles. The predicted octanol–water partition coefficient (Wildman–Crippen LogP) is 2.54. The number of aromatic nitrogens is 2. The minimum absolute atomic E-state index is 0.123. The maximum absolute atomic E-state index is 13.1. The summed E-state index contributed by atoms with van der Waals surface area (Å²) in [6.07, 6.45) is 2.02. The summed E-state index contributed by atoms with van der Waals surface area (Å²) >= 11 is 1.92. The third-order valence-corrected chi connectivity index (χ3v) is 4.28. The molecule has 0 atom stereocenters. The average Bonchev–Trinajstić information content (AvgIpc) is 2.65. The summed E-state index contributed by atoms with van der Waals surface area (Å²) in [6.45, 7) is 0. The lowest BCUT2D eigenvalue weighted by atomic mass is 10.1. The third kappa shape index (κ3) is 1.88. The number of thioether (sulfide) groups is 1. The highest BCUT2D eigenvalue weighted by Crippen LogP contribution is 2.28. The van der Waals surface area contributed by atoms with Crippen molar-refractivity contribution in [3.05, 3.63) is 34.5 Å². The molecule has 0 unspecified atom stereocenters. The second-order valence-corrected chi connectivity index (χ2v) is 5.53. The number of H-pyrrole nitrogens is 1. The van der Waals surface area contributed by atoms with E-state index in [9.17, 15) is 9.18 Å². The molecule has 2 aromatic rings. The van der Waals surface area contributed by atoms with Crippen molar-refractivity contribution in [1.82, 2.24) is 9.55 Å². The Labute approximate surface area is 102 Å². The van der Waals surface area contributed by atoms with Crippen molar-refractivity contribution in [2.75, 3.05) is 11.5 Å². The van der Waals surface area contributed by atoms with Crippen LogP contribution in [0.4, 0.5) is 4.39 Å². The number of nitrogens with zero attached hydrogens (tertiary/aromatic N) is 1. The molecule has 3 rings (SSSR count). The van der Waals surface area contributed by atoms with Crippen molar-refractivity contribution >= 4 is 22.8 Å². The van der Waals surface area contributed by atoms with Crippen molar-refractivity contribution in [2.24, 2.45) is 0 Å². The van der Waals surface area contributed by atoms with Gasteiger partial charge in [0.1, 0.15) is 5.82 Å². The Kier molecular flexibility index (Phi) is 2.70. The molecule has 0 radical (unpaired) electrons. The zero-order valence-corrected chi connectivity index (χ0v) is 10.1. The van der Waals surface area contributed by atoms with Gasteiger partial charge >= 0.3 is 5.69 Å². The SMILES string of the molecule is O=c1[nH]c2cc(F)ccc2n1C1CCSCC1. The highest BCUT2D eigenvalue weighted by molar-refractivity contribution is 7.99. The van der Waals surface area contributed by atoms with Crippen LogP contribution >= 0.6 is 11.8 Å². The number of fused-ring (bicyclic) bond motifs is 1. The van der Waals surface area contributed by atoms with Crippen LogP contribution in [-0.2, 0) is 0 Å². The van der Waals surface area contributed by atoms with Crippen LogP contribution < -0.4 is 5.69 Å². The first-order valence-corrected chi connectivity index (χ1v) is 6.89. The molecule has 0 aliphatic carbocycles. The largest absolute Gasteiger partial charge is 0.326 e. The second-order valence-electron chi connectivity index (χ2n) is 4.31. The van der Waals surface area contributed by atoms with Crippen LogP contribution in [-0.4, -0.2) is 21.1 Å². The van der Waals surface area contributed by atoms with Gasteiger partial charge in [-0.1, -0.05) is 0 Å². The van der Waals surface area contributed by atoms with Crippen molar-refractivity contribution in [2.45, 2.75) is 18.9 Å². The molecule has 1 aromatic carbocycles. The van der Waals surface area contributed by atoms with E-state index in [1.165, 1.54) is 12.1 Å². The molecule has 2 heterocycles. The van der Waals surface area contributed by atoms with Gasteiger partial charge in [-0.3, -0.25) is 4.57 Å². The summed E-state index contributed by atoms with van der Waals surface area (Å²) < 4.78 is 14.9. The van der Waals surface area contributed by atoms with E-state index in [0.29, 0.717) is 5.52 Å². The van der Waals surface area contributed by atoms with Gasteiger partial charge in [0.05, 0.1) is 11.0 Å². The molecule has 1 saturated heterocycles. The number of hydrogen-bond acceptors (Lipinski definition) is 2. The standard InChI is InChI=1S/C12H13FN2OS/c13-8-1-2-11-10(7-8)14-12(16)15(11)9-3-5-17-6-4-9/h1-2,7,9H,3-6H2,(H,14,16). The number of aromatic amines is 1. The maximum Gasteiger partial charge on any atom is 0.326 e. The highest BCUT2D eigenvalue weighted by atomic mass is 32.2. The molecule has 0 bridgehead atoms. The molecule has 1 aromatic heterocycles. The second kappa shape index (κ2) is 4.22. The molecule has 90 valence electrons. The Hall–Kier alpha value is -1.23. The van der Waals surface area contributed by atoms with E-state index in [2.05, 4.69) is 4.98 Å². The lowest BCUT2D eigenvalue weighted by Crippen LogP contribution is -2.25. The van der Waals surface area contributed by atoms with E-state index in [1.807, 2.05) is 11.8 Å². The van der Waals surface area contributed by atoms with Crippen LogP contribution in [0.25, 0.3) is 11.0 Å². The Morgan fingerprint density at radius 1 is 1.35 bits per heavy atom. The molecular weight excluding hydrogens is 239 g/mol. The third-order valence-electron chi connectivity index (χ3n) is 3.23. The fraction of sp³-hybridized carbons (Fsp3) is 0.417. The van der Waals surface area contributed by atoms with E-state index >= 15 is 0 Å². The van der Waals surface area contributed by atoms with Crippen molar-refractivity contribution in [1.29, 1.82) is 0 Å². The summed E-state index contributed by atoms with van der Waals surface area (Å²) in [5.41, 5.74) is 1.28. The predicted molar refractivity (Wildman–Crippen MR) is 68.1 cm³/mol. The van der Waals surface area contributed by atoms with E-state index in [-0.39, 0.29) is 17.5 Å². The van der Waals surface area contributed by atoms with Crippen molar-refractivity contribution in [3.8, 4) is 0 Å². The van der Waals surface area contributed by atoms with E-state index < -0.39 is 0 Å². The Morgan fingerprint density at radius 3 is 2.88 bits per heavy atom.